The Bertz CT molecular complexity index is 358. The number of benzene rings is 1. The van der Waals surface area contributed by atoms with Crippen molar-refractivity contribution in [2.45, 2.75) is 25.4 Å². The molecule has 0 aromatic heterocycles. The molecule has 6 heteroatoms. The molecular weight excluding hydrogens is 281 g/mol. The van der Waals surface area contributed by atoms with Gasteiger partial charge in [0.1, 0.15) is 0 Å². The molecule has 2 rings (SSSR count). The lowest BCUT2D eigenvalue weighted by molar-refractivity contribution is 0.386. The van der Waals surface area contributed by atoms with Crippen LogP contribution in [0.25, 0.3) is 0 Å². The van der Waals surface area contributed by atoms with E-state index in [9.17, 15) is 8.78 Å². The molecule has 1 heterocycles. The Morgan fingerprint density at radius 1 is 1.11 bits per heavy atom. The van der Waals surface area contributed by atoms with E-state index >= 15 is 0 Å². The van der Waals surface area contributed by atoms with Gasteiger partial charge in [-0.15, -0.1) is 24.8 Å². The second-order valence-electron chi connectivity index (χ2n) is 4.15. The van der Waals surface area contributed by atoms with E-state index in [4.69, 9.17) is 0 Å². The highest BCUT2D eigenvalue weighted by Gasteiger charge is 2.12. The first-order valence-corrected chi connectivity index (χ1v) is 5.64. The number of nitrogens with one attached hydrogen (secondary N) is 2. The molecule has 1 fully saturated rings. The summed E-state index contributed by atoms with van der Waals surface area (Å²) in [5.74, 6) is -1.56. The second kappa shape index (κ2) is 8.64. The molecule has 2 nitrogen and oxygen atoms in total. The summed E-state index contributed by atoms with van der Waals surface area (Å²) in [6.45, 7) is 2.65. The molecule has 1 aliphatic rings. The molecule has 0 unspecified atom stereocenters. The third-order valence-corrected chi connectivity index (χ3v) is 2.92. The fourth-order valence-electron chi connectivity index (χ4n) is 1.94. The summed E-state index contributed by atoms with van der Waals surface area (Å²) in [5, 5.41) is 6.64. The highest BCUT2D eigenvalue weighted by molar-refractivity contribution is 5.85. The normalized spacial score (nSPS) is 15.7. The fourth-order valence-corrected chi connectivity index (χ4v) is 1.94. The molecule has 0 radical (unpaired) electrons. The molecule has 0 aliphatic carbocycles. The highest BCUT2D eigenvalue weighted by atomic mass is 35.5. The van der Waals surface area contributed by atoms with Gasteiger partial charge in [0.2, 0.25) is 0 Å². The van der Waals surface area contributed by atoms with Crippen LogP contribution < -0.4 is 10.6 Å². The van der Waals surface area contributed by atoms with Crippen molar-refractivity contribution in [2.75, 3.05) is 13.1 Å². The van der Waals surface area contributed by atoms with Crippen molar-refractivity contribution in [1.82, 2.24) is 10.6 Å². The standard InChI is InChI=1S/C12H16F2N2.2ClH/c13-11-2-1-9(7-12(11)14)8-16-10-3-5-15-6-4-10;;/h1-2,7,10,15-16H,3-6,8H2;2*1H. The molecule has 1 aromatic carbocycles. The molecule has 0 spiro atoms. The van der Waals surface area contributed by atoms with Crippen LogP contribution in [0.4, 0.5) is 8.78 Å². The first-order chi connectivity index (χ1) is 7.75. The van der Waals surface area contributed by atoms with Gasteiger partial charge >= 0.3 is 0 Å². The molecule has 18 heavy (non-hydrogen) atoms. The van der Waals surface area contributed by atoms with E-state index in [1.807, 2.05) is 0 Å². The van der Waals surface area contributed by atoms with E-state index in [0.717, 1.165) is 31.5 Å². The van der Waals surface area contributed by atoms with Gasteiger partial charge < -0.3 is 10.6 Å². The van der Waals surface area contributed by atoms with Crippen LogP contribution in [-0.4, -0.2) is 19.1 Å². The molecule has 0 saturated carbocycles. The number of hydrogen-bond donors (Lipinski definition) is 2. The maximum Gasteiger partial charge on any atom is 0.159 e. The van der Waals surface area contributed by atoms with Crippen molar-refractivity contribution in [3.63, 3.8) is 0 Å². The van der Waals surface area contributed by atoms with Crippen molar-refractivity contribution in [3.05, 3.63) is 35.4 Å². The van der Waals surface area contributed by atoms with Gasteiger partial charge in [0.25, 0.3) is 0 Å². The summed E-state index contributed by atoms with van der Waals surface area (Å²) in [6, 6.07) is 4.53. The Labute approximate surface area is 118 Å². The van der Waals surface area contributed by atoms with E-state index in [1.165, 1.54) is 12.1 Å². The van der Waals surface area contributed by atoms with Gasteiger partial charge in [-0.05, 0) is 43.6 Å². The van der Waals surface area contributed by atoms with Crippen LogP contribution in [-0.2, 0) is 6.54 Å². The fraction of sp³-hybridized carbons (Fsp3) is 0.500. The number of rotatable bonds is 3. The molecule has 0 atom stereocenters. The average Bonchev–Trinajstić information content (AvgIpc) is 2.32. The minimum Gasteiger partial charge on any atom is -0.317 e. The minimum absolute atomic E-state index is 0. The van der Waals surface area contributed by atoms with Crippen LogP contribution in [0, 0.1) is 11.6 Å². The van der Waals surface area contributed by atoms with Crippen molar-refractivity contribution < 1.29 is 8.78 Å². The van der Waals surface area contributed by atoms with E-state index in [-0.39, 0.29) is 24.8 Å². The Balaban J connectivity index is 0.00000144. The van der Waals surface area contributed by atoms with Gasteiger partial charge in [-0.1, -0.05) is 6.07 Å². The minimum atomic E-state index is -0.786. The van der Waals surface area contributed by atoms with Crippen LogP contribution in [0.1, 0.15) is 18.4 Å². The van der Waals surface area contributed by atoms with Crippen LogP contribution in [0.15, 0.2) is 18.2 Å². The summed E-state index contributed by atoms with van der Waals surface area (Å²) in [6.07, 6.45) is 2.17. The molecule has 2 N–H and O–H groups in total. The van der Waals surface area contributed by atoms with Crippen molar-refractivity contribution in [2.24, 2.45) is 0 Å². The van der Waals surface area contributed by atoms with Gasteiger partial charge in [-0.3, -0.25) is 0 Å². The summed E-state index contributed by atoms with van der Waals surface area (Å²) in [7, 11) is 0. The zero-order valence-corrected chi connectivity index (χ0v) is 11.6. The Morgan fingerprint density at radius 2 is 1.78 bits per heavy atom. The Morgan fingerprint density at radius 3 is 2.39 bits per heavy atom. The lowest BCUT2D eigenvalue weighted by Crippen LogP contribution is -2.39. The van der Waals surface area contributed by atoms with Gasteiger partial charge in [-0.2, -0.15) is 0 Å². The van der Waals surface area contributed by atoms with Crippen molar-refractivity contribution in [3.8, 4) is 0 Å². The molecule has 1 saturated heterocycles. The van der Waals surface area contributed by atoms with Crippen LogP contribution in [0.2, 0.25) is 0 Å². The molecule has 104 valence electrons. The predicted octanol–water partition coefficient (Wildman–Crippen LogP) is 2.65. The molecule has 1 aliphatic heterocycles. The van der Waals surface area contributed by atoms with Crippen LogP contribution in [0.5, 0.6) is 0 Å². The molecular formula is C12H18Cl2F2N2. The average molecular weight is 299 g/mol. The largest absolute Gasteiger partial charge is 0.317 e. The van der Waals surface area contributed by atoms with E-state index in [2.05, 4.69) is 10.6 Å². The SMILES string of the molecule is Cl.Cl.Fc1ccc(CNC2CCNCC2)cc1F. The van der Waals surface area contributed by atoms with E-state index in [0.29, 0.717) is 12.6 Å². The second-order valence-corrected chi connectivity index (χ2v) is 4.15. The topological polar surface area (TPSA) is 24.1 Å². The summed E-state index contributed by atoms with van der Waals surface area (Å²) >= 11 is 0. The monoisotopic (exact) mass is 298 g/mol. The van der Waals surface area contributed by atoms with Gasteiger partial charge in [0.15, 0.2) is 11.6 Å². The Hall–Kier alpha value is -0.420. The van der Waals surface area contributed by atoms with Gasteiger partial charge in [-0.25, -0.2) is 8.78 Å². The summed E-state index contributed by atoms with van der Waals surface area (Å²) < 4.78 is 25.6. The molecule has 0 amide bonds. The third-order valence-electron chi connectivity index (χ3n) is 2.92. The maximum absolute atomic E-state index is 12.9. The van der Waals surface area contributed by atoms with Crippen molar-refractivity contribution >= 4 is 24.8 Å². The van der Waals surface area contributed by atoms with E-state index in [1.54, 1.807) is 6.07 Å². The third kappa shape index (κ3) is 5.06. The lowest BCUT2D eigenvalue weighted by Gasteiger charge is -2.23. The van der Waals surface area contributed by atoms with Gasteiger partial charge in [0.05, 0.1) is 0 Å². The highest BCUT2D eigenvalue weighted by Crippen LogP contribution is 2.09. The zero-order valence-electron chi connectivity index (χ0n) is 9.92. The first-order valence-electron chi connectivity index (χ1n) is 5.64. The number of halogens is 4. The number of hydrogen-bond acceptors (Lipinski definition) is 2. The molecule has 0 bridgehead atoms. The quantitative estimate of drug-likeness (QED) is 0.896. The summed E-state index contributed by atoms with van der Waals surface area (Å²) in [5.41, 5.74) is 0.789. The van der Waals surface area contributed by atoms with Crippen LogP contribution in [0.3, 0.4) is 0 Å². The predicted molar refractivity (Wildman–Crippen MR) is 73.6 cm³/mol. The van der Waals surface area contributed by atoms with Crippen LogP contribution >= 0.6 is 24.8 Å². The summed E-state index contributed by atoms with van der Waals surface area (Å²) in [4.78, 5) is 0. The number of piperidine rings is 1. The maximum atomic E-state index is 12.9. The Kier molecular flexibility index (Phi) is 8.44. The zero-order chi connectivity index (χ0) is 11.4. The first kappa shape index (κ1) is 17.6. The van der Waals surface area contributed by atoms with Crippen molar-refractivity contribution in [1.29, 1.82) is 0 Å². The smallest absolute Gasteiger partial charge is 0.159 e. The molecule has 1 aromatic rings. The van der Waals surface area contributed by atoms with Gasteiger partial charge in [0, 0.05) is 12.6 Å². The van der Waals surface area contributed by atoms with E-state index < -0.39 is 11.6 Å². The lowest BCUT2D eigenvalue weighted by atomic mass is 10.1.